The number of hydrogen-bond donors (Lipinski definition) is 0. The molecule has 0 spiro atoms. The van der Waals surface area contributed by atoms with Gasteiger partial charge in [-0.3, -0.25) is 4.79 Å². The summed E-state index contributed by atoms with van der Waals surface area (Å²) in [6.07, 6.45) is 5.55. The van der Waals surface area contributed by atoms with E-state index in [4.69, 9.17) is 0 Å². The minimum Gasteiger partial charge on any atom is -0.348 e. The van der Waals surface area contributed by atoms with E-state index in [1.807, 2.05) is 0 Å². The van der Waals surface area contributed by atoms with E-state index in [0.717, 1.165) is 31.4 Å². The molecule has 3 heteroatoms. The predicted octanol–water partition coefficient (Wildman–Crippen LogP) is 3.05. The third-order valence-corrected chi connectivity index (χ3v) is 4.80. The quantitative estimate of drug-likeness (QED) is 0.843. The summed E-state index contributed by atoms with van der Waals surface area (Å²) in [6, 6.07) is 2.11. The Morgan fingerprint density at radius 3 is 2.65 bits per heavy atom. The van der Waals surface area contributed by atoms with Crippen LogP contribution in [0.1, 0.15) is 54.4 Å². The highest BCUT2D eigenvalue weighted by atomic mass is 16.1. The second-order valence-electron chi connectivity index (χ2n) is 6.65. The molecule has 2 heterocycles. The monoisotopic (exact) mass is 274 g/mol. The van der Waals surface area contributed by atoms with Gasteiger partial charge in [0.2, 0.25) is 0 Å². The number of nitrogens with zero attached hydrogens (tertiary/aromatic N) is 2. The minimum atomic E-state index is 0.347. The van der Waals surface area contributed by atoms with Crippen LogP contribution in [0.5, 0.6) is 0 Å². The normalized spacial score (nSPS) is 21.2. The van der Waals surface area contributed by atoms with Crippen molar-refractivity contribution in [1.29, 1.82) is 0 Å². The van der Waals surface area contributed by atoms with Crippen LogP contribution in [0, 0.1) is 12.8 Å². The molecule has 0 amide bonds. The van der Waals surface area contributed by atoms with Gasteiger partial charge in [-0.2, -0.15) is 0 Å². The molecule has 1 aromatic heterocycles. The highest BCUT2D eigenvalue weighted by molar-refractivity contribution is 5.98. The lowest BCUT2D eigenvalue weighted by molar-refractivity contribution is 0.0971. The second-order valence-corrected chi connectivity index (χ2v) is 6.65. The minimum absolute atomic E-state index is 0.347. The number of rotatable bonds is 4. The SMILES string of the molecule is Cc1cc2c(n1CC(C)CN1CCCC1)CCCC2=O. The van der Waals surface area contributed by atoms with Crippen molar-refractivity contribution in [3.63, 3.8) is 0 Å². The van der Waals surface area contributed by atoms with Crippen LogP contribution in [-0.2, 0) is 13.0 Å². The van der Waals surface area contributed by atoms with Gasteiger partial charge in [0.25, 0.3) is 0 Å². The van der Waals surface area contributed by atoms with E-state index in [9.17, 15) is 4.79 Å². The van der Waals surface area contributed by atoms with Crippen molar-refractivity contribution < 1.29 is 4.79 Å². The molecule has 1 unspecified atom stereocenters. The maximum absolute atomic E-state index is 12.0. The maximum Gasteiger partial charge on any atom is 0.164 e. The van der Waals surface area contributed by atoms with Crippen LogP contribution in [0.25, 0.3) is 0 Å². The van der Waals surface area contributed by atoms with Crippen LogP contribution in [0.15, 0.2) is 6.07 Å². The Morgan fingerprint density at radius 1 is 1.15 bits per heavy atom. The standard InChI is InChI=1S/C17H26N2O/c1-13(11-18-8-3-4-9-18)12-19-14(2)10-15-16(19)6-5-7-17(15)20/h10,13H,3-9,11-12H2,1-2H3. The van der Waals surface area contributed by atoms with Crippen molar-refractivity contribution in [2.75, 3.05) is 19.6 Å². The number of aromatic nitrogens is 1. The summed E-state index contributed by atoms with van der Waals surface area (Å²) in [6.45, 7) is 9.28. The Kier molecular flexibility index (Phi) is 3.97. The number of Topliss-reactive ketones (excluding diaryl/α,β-unsaturated/α-hetero) is 1. The van der Waals surface area contributed by atoms with Gasteiger partial charge in [-0.15, -0.1) is 0 Å². The van der Waals surface area contributed by atoms with Crippen molar-refractivity contribution >= 4 is 5.78 Å². The summed E-state index contributed by atoms with van der Waals surface area (Å²) in [5.41, 5.74) is 3.56. The van der Waals surface area contributed by atoms with Gasteiger partial charge in [-0.25, -0.2) is 0 Å². The number of carbonyl (C=O) groups is 1. The summed E-state index contributed by atoms with van der Waals surface area (Å²) in [7, 11) is 0. The first-order chi connectivity index (χ1) is 9.65. The van der Waals surface area contributed by atoms with Gasteiger partial charge in [-0.1, -0.05) is 6.92 Å². The average molecular weight is 274 g/mol. The number of aryl methyl sites for hydroxylation is 1. The van der Waals surface area contributed by atoms with Crippen LogP contribution < -0.4 is 0 Å². The van der Waals surface area contributed by atoms with Crippen molar-refractivity contribution in [3.8, 4) is 0 Å². The fourth-order valence-electron chi connectivity index (χ4n) is 3.82. The summed E-state index contributed by atoms with van der Waals surface area (Å²) in [4.78, 5) is 14.6. The van der Waals surface area contributed by atoms with E-state index in [1.54, 1.807) is 0 Å². The van der Waals surface area contributed by atoms with E-state index < -0.39 is 0 Å². The van der Waals surface area contributed by atoms with Crippen molar-refractivity contribution in [2.24, 2.45) is 5.92 Å². The number of hydrogen-bond acceptors (Lipinski definition) is 2. The van der Waals surface area contributed by atoms with Gasteiger partial charge in [0, 0.05) is 36.5 Å². The zero-order chi connectivity index (χ0) is 14.1. The molecule has 1 atom stereocenters. The lowest BCUT2D eigenvalue weighted by atomic mass is 9.96. The van der Waals surface area contributed by atoms with Crippen LogP contribution >= 0.6 is 0 Å². The number of fused-ring (bicyclic) bond motifs is 1. The first-order valence-corrected chi connectivity index (χ1v) is 8.09. The van der Waals surface area contributed by atoms with Crippen molar-refractivity contribution in [3.05, 3.63) is 23.0 Å². The Bertz CT molecular complexity index is 497. The molecule has 1 saturated heterocycles. The Balaban J connectivity index is 1.72. The molecule has 1 fully saturated rings. The predicted molar refractivity (Wildman–Crippen MR) is 81.3 cm³/mol. The maximum atomic E-state index is 12.0. The van der Waals surface area contributed by atoms with Crippen LogP contribution in [0.3, 0.4) is 0 Å². The number of likely N-dealkylation sites (tertiary alicyclic amines) is 1. The first-order valence-electron chi connectivity index (χ1n) is 8.09. The second kappa shape index (κ2) is 5.72. The molecule has 3 rings (SSSR count). The largest absolute Gasteiger partial charge is 0.348 e. The van der Waals surface area contributed by atoms with Crippen LogP contribution in [0.4, 0.5) is 0 Å². The molecule has 0 radical (unpaired) electrons. The van der Waals surface area contributed by atoms with E-state index in [1.165, 1.54) is 43.9 Å². The molecule has 1 aliphatic heterocycles. The molecule has 2 aliphatic rings. The molecular formula is C17H26N2O. The average Bonchev–Trinajstić information content (AvgIpc) is 3.01. The Hall–Kier alpha value is -1.09. The zero-order valence-electron chi connectivity index (χ0n) is 12.8. The molecule has 20 heavy (non-hydrogen) atoms. The van der Waals surface area contributed by atoms with Crippen molar-refractivity contribution in [1.82, 2.24) is 9.47 Å². The van der Waals surface area contributed by atoms with Gasteiger partial charge in [0.05, 0.1) is 0 Å². The van der Waals surface area contributed by atoms with Gasteiger partial charge < -0.3 is 9.47 Å². The number of ketones is 1. The third kappa shape index (κ3) is 2.69. The topological polar surface area (TPSA) is 25.2 Å². The van der Waals surface area contributed by atoms with E-state index in [0.29, 0.717) is 11.7 Å². The third-order valence-electron chi connectivity index (χ3n) is 4.80. The highest BCUT2D eigenvalue weighted by Crippen LogP contribution is 2.26. The van der Waals surface area contributed by atoms with Crippen LogP contribution in [0.2, 0.25) is 0 Å². The molecular weight excluding hydrogens is 248 g/mol. The molecule has 110 valence electrons. The highest BCUT2D eigenvalue weighted by Gasteiger charge is 2.23. The van der Waals surface area contributed by atoms with Gasteiger partial charge in [0.1, 0.15) is 0 Å². The fourth-order valence-corrected chi connectivity index (χ4v) is 3.82. The summed E-state index contributed by atoms with van der Waals surface area (Å²) in [5, 5.41) is 0. The summed E-state index contributed by atoms with van der Waals surface area (Å²) in [5.74, 6) is 1.00. The summed E-state index contributed by atoms with van der Waals surface area (Å²) >= 11 is 0. The van der Waals surface area contributed by atoms with Crippen molar-refractivity contribution in [2.45, 2.75) is 52.5 Å². The first kappa shape index (κ1) is 13.9. The molecule has 0 aromatic carbocycles. The van der Waals surface area contributed by atoms with Gasteiger partial charge in [0.15, 0.2) is 5.78 Å². The van der Waals surface area contributed by atoms with E-state index in [2.05, 4.69) is 29.4 Å². The zero-order valence-corrected chi connectivity index (χ0v) is 12.8. The van der Waals surface area contributed by atoms with Crippen LogP contribution in [-0.4, -0.2) is 34.9 Å². The summed E-state index contributed by atoms with van der Waals surface area (Å²) < 4.78 is 2.41. The molecule has 1 aromatic rings. The smallest absolute Gasteiger partial charge is 0.164 e. The molecule has 0 bridgehead atoms. The molecule has 0 saturated carbocycles. The Labute approximate surface area is 122 Å². The Morgan fingerprint density at radius 2 is 1.90 bits per heavy atom. The fraction of sp³-hybridized carbons (Fsp3) is 0.706. The van der Waals surface area contributed by atoms with E-state index in [-0.39, 0.29) is 0 Å². The molecule has 0 N–H and O–H groups in total. The lowest BCUT2D eigenvalue weighted by Crippen LogP contribution is -2.28. The molecule has 3 nitrogen and oxygen atoms in total. The lowest BCUT2D eigenvalue weighted by Gasteiger charge is -2.23. The van der Waals surface area contributed by atoms with Gasteiger partial charge in [-0.05, 0) is 57.7 Å². The molecule has 1 aliphatic carbocycles. The number of carbonyl (C=O) groups excluding carboxylic acids is 1. The van der Waals surface area contributed by atoms with E-state index >= 15 is 0 Å². The van der Waals surface area contributed by atoms with Gasteiger partial charge >= 0.3 is 0 Å².